The Kier molecular flexibility index (Phi) is 2.56. The van der Waals surface area contributed by atoms with Crippen molar-refractivity contribution >= 4 is 12.0 Å². The molecule has 0 spiro atoms. The lowest BCUT2D eigenvalue weighted by Gasteiger charge is -2.10. The number of fused-ring (bicyclic) bond motifs is 1. The van der Waals surface area contributed by atoms with Crippen LogP contribution in [-0.4, -0.2) is 25.3 Å². The van der Waals surface area contributed by atoms with E-state index in [1.165, 1.54) is 0 Å². The van der Waals surface area contributed by atoms with E-state index in [1.54, 1.807) is 26.4 Å². The van der Waals surface area contributed by atoms with E-state index in [1.807, 2.05) is 6.07 Å². The molecule has 2 rings (SSSR count). The van der Waals surface area contributed by atoms with Gasteiger partial charge in [-0.2, -0.15) is 0 Å². The first kappa shape index (κ1) is 10.5. The Labute approximate surface area is 93.1 Å². The summed E-state index contributed by atoms with van der Waals surface area (Å²) in [5.74, 6) is 0.317. The summed E-state index contributed by atoms with van der Waals surface area (Å²) in [6.45, 7) is 0. The molecule has 0 bridgehead atoms. The normalized spacial score (nSPS) is 13.0. The van der Waals surface area contributed by atoms with E-state index in [0.717, 1.165) is 11.1 Å². The topological polar surface area (TPSA) is 55.8 Å². The Morgan fingerprint density at radius 1 is 1.31 bits per heavy atom. The Bertz CT molecular complexity index is 474. The van der Waals surface area contributed by atoms with Crippen molar-refractivity contribution in [1.82, 2.24) is 0 Å². The number of hydrogen-bond donors (Lipinski definition) is 1. The number of rotatable bonds is 3. The summed E-state index contributed by atoms with van der Waals surface area (Å²) < 4.78 is 10.4. The monoisotopic (exact) mass is 220 g/mol. The molecule has 0 fully saturated rings. The van der Waals surface area contributed by atoms with Crippen molar-refractivity contribution in [3.05, 3.63) is 28.8 Å². The number of ether oxygens (including phenoxy) is 2. The number of hydrogen-bond acceptors (Lipinski definition) is 3. The second-order valence-corrected chi connectivity index (χ2v) is 3.53. The first-order chi connectivity index (χ1) is 7.67. The van der Waals surface area contributed by atoms with Crippen LogP contribution in [0.4, 0.5) is 0 Å². The van der Waals surface area contributed by atoms with Crippen LogP contribution in [0.15, 0.2) is 17.7 Å². The predicted molar refractivity (Wildman–Crippen MR) is 58.9 cm³/mol. The van der Waals surface area contributed by atoms with Crippen LogP contribution >= 0.6 is 0 Å². The minimum Gasteiger partial charge on any atom is -0.493 e. The maximum absolute atomic E-state index is 10.9. The third kappa shape index (κ3) is 1.52. The summed E-state index contributed by atoms with van der Waals surface area (Å²) >= 11 is 0. The summed E-state index contributed by atoms with van der Waals surface area (Å²) in [5.41, 5.74) is 2.14. The lowest BCUT2D eigenvalue weighted by molar-refractivity contribution is -0.132. The molecule has 0 radical (unpaired) electrons. The Morgan fingerprint density at radius 3 is 2.62 bits per heavy atom. The molecule has 1 aliphatic carbocycles. The van der Waals surface area contributed by atoms with Gasteiger partial charge in [0.1, 0.15) is 0 Å². The van der Waals surface area contributed by atoms with E-state index in [9.17, 15) is 4.79 Å². The number of methoxy groups -OCH3 is 2. The molecule has 4 heteroatoms. The fourth-order valence-corrected chi connectivity index (χ4v) is 1.87. The van der Waals surface area contributed by atoms with E-state index in [4.69, 9.17) is 14.6 Å². The second-order valence-electron chi connectivity index (χ2n) is 3.53. The number of benzene rings is 1. The lowest BCUT2D eigenvalue weighted by atomic mass is 10.1. The van der Waals surface area contributed by atoms with Crippen LogP contribution in [0.5, 0.6) is 11.5 Å². The van der Waals surface area contributed by atoms with E-state index < -0.39 is 5.97 Å². The van der Waals surface area contributed by atoms with E-state index in [-0.39, 0.29) is 0 Å². The van der Waals surface area contributed by atoms with E-state index in [2.05, 4.69) is 0 Å². The van der Waals surface area contributed by atoms with Gasteiger partial charge in [0.05, 0.1) is 14.2 Å². The fourth-order valence-electron chi connectivity index (χ4n) is 1.87. The first-order valence-corrected chi connectivity index (χ1v) is 4.85. The molecular weight excluding hydrogens is 208 g/mol. The summed E-state index contributed by atoms with van der Waals surface area (Å²) in [6, 6.07) is 3.65. The van der Waals surface area contributed by atoms with Gasteiger partial charge in [-0.15, -0.1) is 0 Å². The van der Waals surface area contributed by atoms with Crippen molar-refractivity contribution < 1.29 is 19.4 Å². The maximum atomic E-state index is 10.9. The molecule has 0 amide bonds. The average molecular weight is 220 g/mol. The van der Waals surface area contributed by atoms with Crippen LogP contribution in [0.3, 0.4) is 0 Å². The van der Waals surface area contributed by atoms with Gasteiger partial charge in [-0.05, 0) is 17.7 Å². The zero-order valence-corrected chi connectivity index (χ0v) is 9.11. The van der Waals surface area contributed by atoms with Gasteiger partial charge in [0.2, 0.25) is 0 Å². The van der Waals surface area contributed by atoms with Gasteiger partial charge in [0.15, 0.2) is 11.5 Å². The summed E-state index contributed by atoms with van der Waals surface area (Å²) in [5, 5.41) is 8.94. The van der Waals surface area contributed by atoms with Crippen LogP contribution in [0.1, 0.15) is 11.1 Å². The van der Waals surface area contributed by atoms with E-state index in [0.29, 0.717) is 23.5 Å². The molecule has 0 unspecified atom stereocenters. The molecule has 0 heterocycles. The highest BCUT2D eigenvalue weighted by atomic mass is 16.5. The van der Waals surface area contributed by atoms with Gasteiger partial charge in [-0.25, -0.2) is 4.79 Å². The molecule has 1 aliphatic rings. The number of carboxylic acids is 1. The molecule has 0 aliphatic heterocycles. The number of aliphatic carboxylic acids is 1. The molecule has 0 atom stereocenters. The Hall–Kier alpha value is -1.97. The molecule has 0 saturated heterocycles. The van der Waals surface area contributed by atoms with Gasteiger partial charge in [-0.1, -0.05) is 6.07 Å². The minimum atomic E-state index is -0.891. The third-order valence-corrected chi connectivity index (χ3v) is 2.65. The SMILES string of the molecule is COc1ccc2c(c1OC)C=C(C(=O)O)C2. The largest absolute Gasteiger partial charge is 0.493 e. The van der Waals surface area contributed by atoms with Gasteiger partial charge >= 0.3 is 5.97 Å². The summed E-state index contributed by atoms with van der Waals surface area (Å²) in [6.07, 6.45) is 2.07. The number of carboxylic acid groups (broad SMARTS) is 1. The van der Waals surface area contributed by atoms with Crippen LogP contribution in [0.25, 0.3) is 6.08 Å². The first-order valence-electron chi connectivity index (χ1n) is 4.85. The van der Waals surface area contributed by atoms with Gasteiger partial charge in [0.25, 0.3) is 0 Å². The molecule has 84 valence electrons. The third-order valence-electron chi connectivity index (χ3n) is 2.65. The zero-order valence-electron chi connectivity index (χ0n) is 9.11. The van der Waals surface area contributed by atoms with Crippen molar-refractivity contribution in [2.75, 3.05) is 14.2 Å². The molecule has 4 nitrogen and oxygen atoms in total. The second kappa shape index (κ2) is 3.89. The van der Waals surface area contributed by atoms with Gasteiger partial charge < -0.3 is 14.6 Å². The predicted octanol–water partition coefficient (Wildman–Crippen LogP) is 1.73. The van der Waals surface area contributed by atoms with Gasteiger partial charge in [0, 0.05) is 17.6 Å². The highest BCUT2D eigenvalue weighted by molar-refractivity contribution is 5.96. The number of carbonyl (C=O) groups is 1. The van der Waals surface area contributed by atoms with Crippen molar-refractivity contribution in [1.29, 1.82) is 0 Å². The summed E-state index contributed by atoms with van der Waals surface area (Å²) in [7, 11) is 3.10. The zero-order chi connectivity index (χ0) is 11.7. The molecular formula is C12H12O4. The van der Waals surface area contributed by atoms with Crippen molar-refractivity contribution in [2.45, 2.75) is 6.42 Å². The Balaban J connectivity index is 2.53. The smallest absolute Gasteiger partial charge is 0.331 e. The van der Waals surface area contributed by atoms with Crippen molar-refractivity contribution in [2.24, 2.45) is 0 Å². The molecule has 1 N–H and O–H groups in total. The van der Waals surface area contributed by atoms with Gasteiger partial charge in [-0.3, -0.25) is 0 Å². The van der Waals surface area contributed by atoms with Crippen LogP contribution in [0, 0.1) is 0 Å². The highest BCUT2D eigenvalue weighted by Crippen LogP contribution is 2.39. The molecule has 0 aromatic heterocycles. The van der Waals surface area contributed by atoms with Crippen LogP contribution in [-0.2, 0) is 11.2 Å². The Morgan fingerprint density at radius 2 is 2.06 bits per heavy atom. The highest BCUT2D eigenvalue weighted by Gasteiger charge is 2.22. The maximum Gasteiger partial charge on any atom is 0.331 e. The minimum absolute atomic E-state index is 0.376. The van der Waals surface area contributed by atoms with Crippen LogP contribution < -0.4 is 9.47 Å². The molecule has 16 heavy (non-hydrogen) atoms. The fraction of sp³-hybridized carbons (Fsp3) is 0.250. The molecule has 1 aromatic rings. The van der Waals surface area contributed by atoms with Crippen LogP contribution in [0.2, 0.25) is 0 Å². The molecule has 0 saturated carbocycles. The lowest BCUT2D eigenvalue weighted by Crippen LogP contribution is -1.99. The van der Waals surface area contributed by atoms with E-state index >= 15 is 0 Å². The van der Waals surface area contributed by atoms with Crippen molar-refractivity contribution in [3.8, 4) is 11.5 Å². The molecule has 1 aromatic carbocycles. The standard InChI is InChI=1S/C12H12O4/c1-15-10-4-3-7-5-8(12(13)14)6-9(7)11(10)16-2/h3-4,6H,5H2,1-2H3,(H,13,14). The quantitative estimate of drug-likeness (QED) is 0.842. The average Bonchev–Trinajstić information content (AvgIpc) is 2.71. The van der Waals surface area contributed by atoms with Crippen molar-refractivity contribution in [3.63, 3.8) is 0 Å². The summed E-state index contributed by atoms with van der Waals surface area (Å²) in [4.78, 5) is 10.9.